The molecule has 3 aromatic rings. The van der Waals surface area contributed by atoms with E-state index in [1.807, 2.05) is 0 Å². The van der Waals surface area contributed by atoms with Crippen LogP contribution in [-0.2, 0) is 6.18 Å². The number of aryl methyl sites for hydroxylation is 1. The number of alkyl halides is 3. The van der Waals surface area contributed by atoms with Crippen molar-refractivity contribution in [1.82, 2.24) is 35.4 Å². The van der Waals surface area contributed by atoms with Gasteiger partial charge in [-0.25, -0.2) is 14.8 Å². The summed E-state index contributed by atoms with van der Waals surface area (Å²) in [4.78, 5) is 3.44. The molecule has 1 aromatic carbocycles. The van der Waals surface area contributed by atoms with Crippen molar-refractivity contribution in [3.05, 3.63) is 29.8 Å². The van der Waals surface area contributed by atoms with Gasteiger partial charge in [0.2, 0.25) is 0 Å². The normalized spacial score (nSPS) is 11.8. The molecule has 0 spiro atoms. The van der Waals surface area contributed by atoms with Gasteiger partial charge in [0.1, 0.15) is 5.82 Å². The third-order valence-corrected chi connectivity index (χ3v) is 2.87. The Morgan fingerprint density at radius 3 is 2.64 bits per heavy atom. The smallest absolute Gasteiger partial charge is 0.399 e. The average molecular weight is 310 g/mol. The van der Waals surface area contributed by atoms with Crippen LogP contribution in [-0.4, -0.2) is 35.4 Å². The maximum absolute atomic E-state index is 12.7. The van der Waals surface area contributed by atoms with E-state index in [2.05, 4.69) is 30.7 Å². The third kappa shape index (κ3) is 2.36. The molecular formula is C11H9F3N8. The second-order valence-corrected chi connectivity index (χ2v) is 4.42. The van der Waals surface area contributed by atoms with Gasteiger partial charge < -0.3 is 5.73 Å². The van der Waals surface area contributed by atoms with Gasteiger partial charge in [-0.15, -0.1) is 10.2 Å². The molecule has 8 nitrogen and oxygen atoms in total. The minimum Gasteiger partial charge on any atom is -0.399 e. The Labute approximate surface area is 121 Å². The zero-order valence-electron chi connectivity index (χ0n) is 11.1. The molecule has 0 radical (unpaired) electrons. The molecule has 11 heteroatoms. The zero-order valence-corrected chi connectivity index (χ0v) is 11.1. The van der Waals surface area contributed by atoms with E-state index in [1.165, 1.54) is 25.1 Å². The Balaban J connectivity index is 2.19. The number of benzene rings is 1. The summed E-state index contributed by atoms with van der Waals surface area (Å²) in [5.74, 6) is -0.889. The lowest BCUT2D eigenvalue weighted by molar-refractivity contribution is -0.144. The van der Waals surface area contributed by atoms with E-state index in [0.717, 1.165) is 4.68 Å². The minimum absolute atomic E-state index is 0.0748. The Morgan fingerprint density at radius 1 is 1.27 bits per heavy atom. The van der Waals surface area contributed by atoms with E-state index in [-0.39, 0.29) is 11.6 Å². The number of hydrogen-bond acceptors (Lipinski definition) is 6. The van der Waals surface area contributed by atoms with Gasteiger partial charge in [0, 0.05) is 11.3 Å². The van der Waals surface area contributed by atoms with Crippen molar-refractivity contribution >= 4 is 5.69 Å². The molecule has 0 atom stereocenters. The quantitative estimate of drug-likeness (QED) is 0.691. The number of nitrogens with one attached hydrogen (secondary N) is 1. The van der Waals surface area contributed by atoms with Gasteiger partial charge in [0.15, 0.2) is 5.82 Å². The number of rotatable bonds is 2. The fourth-order valence-electron chi connectivity index (χ4n) is 1.94. The number of aromatic nitrogens is 7. The summed E-state index contributed by atoms with van der Waals surface area (Å²) in [5, 5.41) is 16.7. The first kappa shape index (κ1) is 14.0. The number of nitrogen functional groups attached to an aromatic ring is 1. The topological polar surface area (TPSA) is 111 Å². The standard InChI is InChI=1S/C11H9F3N8/c1-5-16-10(11(12,13)14)19-22(5)8-3-2-6(15)4-7(8)9-17-20-21-18-9/h2-4H,15H2,1H3,(H,17,18,20,21). The Bertz CT molecular complexity index is 805. The van der Waals surface area contributed by atoms with E-state index in [0.29, 0.717) is 16.9 Å². The summed E-state index contributed by atoms with van der Waals surface area (Å²) < 4.78 is 39.3. The molecule has 0 aliphatic carbocycles. The molecule has 0 aliphatic rings. The number of tetrazole rings is 1. The van der Waals surface area contributed by atoms with E-state index in [4.69, 9.17) is 5.73 Å². The van der Waals surface area contributed by atoms with E-state index in [1.54, 1.807) is 0 Å². The maximum atomic E-state index is 12.7. The number of nitrogens with zero attached hydrogens (tertiary/aromatic N) is 6. The van der Waals surface area contributed by atoms with Crippen molar-refractivity contribution in [1.29, 1.82) is 0 Å². The minimum atomic E-state index is -4.63. The molecule has 3 N–H and O–H groups in total. The van der Waals surface area contributed by atoms with Crippen LogP contribution in [0.5, 0.6) is 0 Å². The van der Waals surface area contributed by atoms with Gasteiger partial charge in [-0.2, -0.15) is 13.2 Å². The van der Waals surface area contributed by atoms with Gasteiger partial charge in [-0.1, -0.05) is 0 Å². The fraction of sp³-hybridized carbons (Fsp3) is 0.182. The summed E-state index contributed by atoms with van der Waals surface area (Å²) in [6, 6.07) is 4.60. The molecular weight excluding hydrogens is 301 g/mol. The van der Waals surface area contributed by atoms with E-state index in [9.17, 15) is 13.2 Å². The molecule has 0 aliphatic heterocycles. The number of hydrogen-bond donors (Lipinski definition) is 2. The van der Waals surface area contributed by atoms with Crippen LogP contribution in [0.25, 0.3) is 17.1 Å². The highest BCUT2D eigenvalue weighted by Crippen LogP contribution is 2.30. The molecule has 114 valence electrons. The highest BCUT2D eigenvalue weighted by atomic mass is 19.4. The third-order valence-electron chi connectivity index (χ3n) is 2.87. The van der Waals surface area contributed by atoms with Crippen LogP contribution >= 0.6 is 0 Å². The summed E-state index contributed by atoms with van der Waals surface area (Å²) in [5.41, 5.74) is 6.86. The molecule has 0 saturated heterocycles. The van der Waals surface area contributed by atoms with Gasteiger partial charge in [0.05, 0.1) is 5.69 Å². The van der Waals surface area contributed by atoms with E-state index < -0.39 is 12.0 Å². The number of halogens is 3. The number of aromatic amines is 1. The highest BCUT2D eigenvalue weighted by Gasteiger charge is 2.37. The fourth-order valence-corrected chi connectivity index (χ4v) is 1.94. The molecule has 0 saturated carbocycles. The second-order valence-electron chi connectivity index (χ2n) is 4.42. The van der Waals surface area contributed by atoms with Crippen LogP contribution in [0.3, 0.4) is 0 Å². The van der Waals surface area contributed by atoms with Crippen LogP contribution < -0.4 is 5.73 Å². The van der Waals surface area contributed by atoms with Crippen LogP contribution in [0.2, 0.25) is 0 Å². The predicted octanol–water partition coefficient (Wildman–Crippen LogP) is 1.36. The van der Waals surface area contributed by atoms with Gasteiger partial charge >= 0.3 is 6.18 Å². The molecule has 0 amide bonds. The van der Waals surface area contributed by atoms with Crippen molar-refractivity contribution < 1.29 is 13.2 Å². The first-order valence-electron chi connectivity index (χ1n) is 6.01. The first-order valence-corrected chi connectivity index (χ1v) is 6.01. The van der Waals surface area contributed by atoms with Crippen molar-refractivity contribution in [2.75, 3.05) is 5.73 Å². The van der Waals surface area contributed by atoms with Gasteiger partial charge in [-0.05, 0) is 35.5 Å². The first-order chi connectivity index (χ1) is 10.4. The molecule has 2 heterocycles. The largest absolute Gasteiger partial charge is 0.453 e. The van der Waals surface area contributed by atoms with Crippen LogP contribution in [0.1, 0.15) is 11.6 Å². The highest BCUT2D eigenvalue weighted by molar-refractivity contribution is 5.71. The lowest BCUT2D eigenvalue weighted by Gasteiger charge is -2.09. The molecule has 22 heavy (non-hydrogen) atoms. The van der Waals surface area contributed by atoms with E-state index >= 15 is 0 Å². The van der Waals surface area contributed by atoms with Gasteiger partial charge in [0.25, 0.3) is 5.82 Å². The summed E-state index contributed by atoms with van der Waals surface area (Å²) in [7, 11) is 0. The lowest BCUT2D eigenvalue weighted by Crippen LogP contribution is -2.09. The number of H-pyrrole nitrogens is 1. The van der Waals surface area contributed by atoms with Crippen molar-refractivity contribution in [3.8, 4) is 17.1 Å². The zero-order chi connectivity index (χ0) is 15.9. The molecule has 3 rings (SSSR count). The Kier molecular flexibility index (Phi) is 3.04. The van der Waals surface area contributed by atoms with Crippen LogP contribution in [0.4, 0.5) is 18.9 Å². The predicted molar refractivity (Wildman–Crippen MR) is 68.7 cm³/mol. The van der Waals surface area contributed by atoms with Crippen LogP contribution in [0.15, 0.2) is 18.2 Å². The molecule has 2 aromatic heterocycles. The van der Waals surface area contributed by atoms with Crippen molar-refractivity contribution in [2.24, 2.45) is 0 Å². The van der Waals surface area contributed by atoms with Crippen molar-refractivity contribution in [3.63, 3.8) is 0 Å². The average Bonchev–Trinajstić information content (AvgIpc) is 3.07. The Morgan fingerprint density at radius 2 is 2.05 bits per heavy atom. The van der Waals surface area contributed by atoms with Crippen molar-refractivity contribution in [2.45, 2.75) is 13.1 Å². The monoisotopic (exact) mass is 310 g/mol. The second kappa shape index (κ2) is 4.79. The molecule has 0 unspecified atom stereocenters. The number of anilines is 1. The van der Waals surface area contributed by atoms with Gasteiger partial charge in [-0.3, -0.25) is 0 Å². The molecule has 0 bridgehead atoms. The SMILES string of the molecule is Cc1nc(C(F)(F)F)nn1-c1ccc(N)cc1-c1nnn[nH]1. The summed E-state index contributed by atoms with van der Waals surface area (Å²) in [6.07, 6.45) is -4.63. The lowest BCUT2D eigenvalue weighted by atomic mass is 10.1. The maximum Gasteiger partial charge on any atom is 0.453 e. The number of nitrogens with two attached hydrogens (primary N) is 1. The van der Waals surface area contributed by atoms with Crippen LogP contribution in [0, 0.1) is 6.92 Å². The Hall–Kier alpha value is -2.98. The molecule has 0 fully saturated rings. The summed E-state index contributed by atoms with van der Waals surface area (Å²) >= 11 is 0. The summed E-state index contributed by atoms with van der Waals surface area (Å²) in [6.45, 7) is 1.42.